The predicted octanol–water partition coefficient (Wildman–Crippen LogP) is 3.04. The molecule has 5 nitrogen and oxygen atoms in total. The number of nitrogens with one attached hydrogen (secondary N) is 1. The summed E-state index contributed by atoms with van der Waals surface area (Å²) in [7, 11) is 0. The first kappa shape index (κ1) is 18.9. The fourth-order valence-electron chi connectivity index (χ4n) is 3.93. The Morgan fingerprint density at radius 1 is 1.15 bits per heavy atom. The zero-order chi connectivity index (χ0) is 19.5. The number of carbonyl (C=O) groups is 2. The van der Waals surface area contributed by atoms with Crippen LogP contribution in [0.4, 0.5) is 0 Å². The zero-order valence-corrected chi connectivity index (χ0v) is 15.1. The van der Waals surface area contributed by atoms with Crippen LogP contribution < -0.4 is 11.1 Å². The Morgan fingerprint density at radius 2 is 1.74 bits per heavy atom. The van der Waals surface area contributed by atoms with Crippen molar-refractivity contribution in [1.29, 1.82) is 0 Å². The molecule has 4 N–H and O–H groups in total. The van der Waals surface area contributed by atoms with Gasteiger partial charge in [0.15, 0.2) is 5.41 Å². The molecule has 0 heterocycles. The van der Waals surface area contributed by atoms with E-state index >= 15 is 0 Å². The lowest BCUT2D eigenvalue weighted by Gasteiger charge is -2.26. The number of benzene rings is 2. The molecule has 2 aromatic carbocycles. The molecule has 1 aliphatic rings. The van der Waals surface area contributed by atoms with Crippen LogP contribution in [0.25, 0.3) is 0 Å². The van der Waals surface area contributed by atoms with E-state index in [0.29, 0.717) is 13.0 Å². The number of carboxylic acids is 1. The van der Waals surface area contributed by atoms with Gasteiger partial charge in [0, 0.05) is 18.0 Å². The Kier molecular flexibility index (Phi) is 5.15. The minimum absolute atomic E-state index is 0.134. The molecule has 1 aliphatic carbocycles. The molecule has 0 unspecified atom stereocenters. The van der Waals surface area contributed by atoms with E-state index in [1.54, 1.807) is 6.08 Å². The molecule has 0 aromatic heterocycles. The molecule has 1 amide bonds. The lowest BCUT2D eigenvalue weighted by atomic mass is 9.84. The number of nitrogens with two attached hydrogens (primary N) is 1. The van der Waals surface area contributed by atoms with Gasteiger partial charge in [0.1, 0.15) is 0 Å². The van der Waals surface area contributed by atoms with Crippen LogP contribution in [0, 0.1) is 10.8 Å². The standard InChI is InChI=1S/C22H24N2O3/c1-2-21(15-22(21,19(23)25)20(26)27)13-18(17-11-7-4-8-12-17)24-14-16-9-5-3-6-10-16/h2-12,18,24H,1,13-15H2,(H2,23,25)(H,26,27)/t18-,21+,22-/m0/s1. The molecule has 0 saturated heterocycles. The summed E-state index contributed by atoms with van der Waals surface area (Å²) >= 11 is 0. The summed E-state index contributed by atoms with van der Waals surface area (Å²) in [6, 6.07) is 19.6. The van der Waals surface area contributed by atoms with Crippen LogP contribution in [-0.4, -0.2) is 17.0 Å². The summed E-state index contributed by atoms with van der Waals surface area (Å²) in [6.45, 7) is 4.45. The molecule has 1 fully saturated rings. The van der Waals surface area contributed by atoms with Gasteiger partial charge in [0.05, 0.1) is 0 Å². The summed E-state index contributed by atoms with van der Waals surface area (Å²) in [5, 5.41) is 13.2. The lowest BCUT2D eigenvalue weighted by Crippen LogP contribution is -2.38. The Labute approximate surface area is 158 Å². The topological polar surface area (TPSA) is 92.4 Å². The first-order chi connectivity index (χ1) is 12.9. The van der Waals surface area contributed by atoms with Crippen molar-refractivity contribution in [3.63, 3.8) is 0 Å². The molecule has 0 spiro atoms. The third kappa shape index (κ3) is 3.38. The van der Waals surface area contributed by atoms with Gasteiger partial charge in [-0.3, -0.25) is 9.59 Å². The number of amides is 1. The highest BCUT2D eigenvalue weighted by molar-refractivity contribution is 6.06. The number of rotatable bonds is 9. The quantitative estimate of drug-likeness (QED) is 0.471. The SMILES string of the molecule is C=C[C@@]1(C[C@H](NCc2ccccc2)c2ccccc2)C[C@]1(C(N)=O)C(=O)O. The molecule has 3 atom stereocenters. The van der Waals surface area contributed by atoms with Gasteiger partial charge in [-0.2, -0.15) is 0 Å². The maximum atomic E-state index is 12.0. The van der Waals surface area contributed by atoms with Gasteiger partial charge in [-0.05, 0) is 24.0 Å². The normalized spacial score (nSPS) is 24.7. The second kappa shape index (κ2) is 7.37. The molecule has 3 rings (SSSR count). The van der Waals surface area contributed by atoms with Crippen LogP contribution in [-0.2, 0) is 16.1 Å². The Bertz CT molecular complexity index is 821. The molecule has 0 aliphatic heterocycles. The molecule has 1 saturated carbocycles. The van der Waals surface area contributed by atoms with Gasteiger partial charge in [-0.1, -0.05) is 66.7 Å². The molecule has 140 valence electrons. The average molecular weight is 364 g/mol. The fraction of sp³-hybridized carbons (Fsp3) is 0.273. The van der Waals surface area contributed by atoms with Crippen molar-refractivity contribution < 1.29 is 14.7 Å². The van der Waals surface area contributed by atoms with E-state index < -0.39 is 22.7 Å². The Hall–Kier alpha value is -2.92. The van der Waals surface area contributed by atoms with Crippen LogP contribution >= 0.6 is 0 Å². The maximum Gasteiger partial charge on any atom is 0.320 e. The lowest BCUT2D eigenvalue weighted by molar-refractivity contribution is -0.149. The van der Waals surface area contributed by atoms with Crippen molar-refractivity contribution in [2.24, 2.45) is 16.6 Å². The fourth-order valence-corrected chi connectivity index (χ4v) is 3.93. The number of carbonyl (C=O) groups excluding carboxylic acids is 1. The number of carboxylic acid groups (broad SMARTS) is 1. The van der Waals surface area contributed by atoms with Crippen LogP contribution in [0.3, 0.4) is 0 Å². The van der Waals surface area contributed by atoms with Gasteiger partial charge in [-0.15, -0.1) is 6.58 Å². The molecule has 2 aromatic rings. The summed E-state index contributed by atoms with van der Waals surface area (Å²) in [5.74, 6) is -1.98. The molecular formula is C22H24N2O3. The van der Waals surface area contributed by atoms with Crippen molar-refractivity contribution in [3.05, 3.63) is 84.4 Å². The smallest absolute Gasteiger partial charge is 0.320 e. The first-order valence-corrected chi connectivity index (χ1v) is 8.94. The first-order valence-electron chi connectivity index (χ1n) is 8.94. The van der Waals surface area contributed by atoms with Crippen LogP contribution in [0.5, 0.6) is 0 Å². The monoisotopic (exact) mass is 364 g/mol. The van der Waals surface area contributed by atoms with Crippen molar-refractivity contribution >= 4 is 11.9 Å². The van der Waals surface area contributed by atoms with Crippen LogP contribution in [0.15, 0.2) is 73.3 Å². The van der Waals surface area contributed by atoms with Gasteiger partial charge in [0.2, 0.25) is 5.91 Å². The Morgan fingerprint density at radius 3 is 2.22 bits per heavy atom. The number of aliphatic carboxylic acids is 1. The van der Waals surface area contributed by atoms with E-state index in [4.69, 9.17) is 5.73 Å². The minimum Gasteiger partial charge on any atom is -0.480 e. The highest BCUT2D eigenvalue weighted by Crippen LogP contribution is 2.68. The molecule has 0 radical (unpaired) electrons. The van der Waals surface area contributed by atoms with E-state index in [1.807, 2.05) is 60.7 Å². The van der Waals surface area contributed by atoms with Crippen LogP contribution in [0.1, 0.15) is 30.0 Å². The predicted molar refractivity (Wildman–Crippen MR) is 104 cm³/mol. The van der Waals surface area contributed by atoms with Crippen molar-refractivity contribution in [1.82, 2.24) is 5.32 Å². The molecule has 0 bridgehead atoms. The zero-order valence-electron chi connectivity index (χ0n) is 15.1. The third-order valence-corrected chi connectivity index (χ3v) is 5.65. The largest absolute Gasteiger partial charge is 0.480 e. The summed E-state index contributed by atoms with van der Waals surface area (Å²) in [5.41, 5.74) is 5.21. The van der Waals surface area contributed by atoms with E-state index in [-0.39, 0.29) is 12.5 Å². The maximum absolute atomic E-state index is 12.0. The Balaban J connectivity index is 1.86. The van der Waals surface area contributed by atoms with Crippen molar-refractivity contribution in [2.75, 3.05) is 0 Å². The number of hydrogen-bond donors (Lipinski definition) is 3. The average Bonchev–Trinajstić information content (AvgIpc) is 3.37. The molecule has 27 heavy (non-hydrogen) atoms. The summed E-state index contributed by atoms with van der Waals surface area (Å²) in [6.07, 6.45) is 2.21. The van der Waals surface area contributed by atoms with Crippen LogP contribution in [0.2, 0.25) is 0 Å². The van der Waals surface area contributed by atoms with Gasteiger partial charge >= 0.3 is 5.97 Å². The summed E-state index contributed by atoms with van der Waals surface area (Å²) < 4.78 is 0. The number of hydrogen-bond acceptors (Lipinski definition) is 3. The molecular weight excluding hydrogens is 340 g/mol. The van der Waals surface area contributed by atoms with Gasteiger partial charge < -0.3 is 16.2 Å². The third-order valence-electron chi connectivity index (χ3n) is 5.65. The van der Waals surface area contributed by atoms with Crippen molar-refractivity contribution in [3.8, 4) is 0 Å². The van der Waals surface area contributed by atoms with Crippen molar-refractivity contribution in [2.45, 2.75) is 25.4 Å². The molecule has 5 heteroatoms. The van der Waals surface area contributed by atoms with E-state index in [2.05, 4.69) is 11.9 Å². The van der Waals surface area contributed by atoms with Gasteiger partial charge in [0.25, 0.3) is 0 Å². The van der Waals surface area contributed by atoms with Gasteiger partial charge in [-0.25, -0.2) is 0 Å². The van der Waals surface area contributed by atoms with E-state index in [1.165, 1.54) is 0 Å². The highest BCUT2D eigenvalue weighted by Gasteiger charge is 2.75. The van der Waals surface area contributed by atoms with E-state index in [9.17, 15) is 14.7 Å². The second-order valence-electron chi connectivity index (χ2n) is 7.15. The van der Waals surface area contributed by atoms with E-state index in [0.717, 1.165) is 11.1 Å². The number of allylic oxidation sites excluding steroid dienone is 1. The minimum atomic E-state index is -1.57. The second-order valence-corrected chi connectivity index (χ2v) is 7.15. The number of primary amides is 1. The highest BCUT2D eigenvalue weighted by atomic mass is 16.4. The summed E-state index contributed by atoms with van der Waals surface area (Å²) in [4.78, 5) is 23.8.